The lowest BCUT2D eigenvalue weighted by Crippen LogP contribution is -2.08. The average Bonchev–Trinajstić information content (AvgIpc) is 2.84. The molecular formula is C13H15BrN4O2. The molecule has 0 unspecified atom stereocenters. The number of nitro benzene ring substituents is 1. The Morgan fingerprint density at radius 1 is 1.50 bits per heavy atom. The van der Waals surface area contributed by atoms with Crippen molar-refractivity contribution < 1.29 is 4.92 Å². The zero-order valence-electron chi connectivity index (χ0n) is 11.3. The van der Waals surface area contributed by atoms with Gasteiger partial charge in [-0.15, -0.1) is 0 Å². The Bertz CT molecular complexity index is 639. The summed E-state index contributed by atoms with van der Waals surface area (Å²) in [5.74, 6) is 0. The highest BCUT2D eigenvalue weighted by Crippen LogP contribution is 2.30. The van der Waals surface area contributed by atoms with E-state index in [4.69, 9.17) is 0 Å². The van der Waals surface area contributed by atoms with Crippen LogP contribution in [0.3, 0.4) is 0 Å². The predicted molar refractivity (Wildman–Crippen MR) is 80.8 cm³/mol. The smallest absolute Gasteiger partial charge is 0.274 e. The number of benzene rings is 1. The number of aromatic nitrogens is 2. The third-order valence-electron chi connectivity index (χ3n) is 3.05. The van der Waals surface area contributed by atoms with Crippen molar-refractivity contribution in [3.63, 3.8) is 0 Å². The Labute approximate surface area is 125 Å². The Morgan fingerprint density at radius 3 is 2.90 bits per heavy atom. The summed E-state index contributed by atoms with van der Waals surface area (Å²) in [5.41, 5.74) is 2.47. The highest BCUT2D eigenvalue weighted by atomic mass is 79.9. The number of nitro groups is 1. The first kappa shape index (κ1) is 14.5. The van der Waals surface area contributed by atoms with E-state index in [0.717, 1.165) is 16.7 Å². The van der Waals surface area contributed by atoms with Gasteiger partial charge in [-0.05, 0) is 41.9 Å². The molecule has 0 saturated carbocycles. The third kappa shape index (κ3) is 2.98. The fourth-order valence-corrected chi connectivity index (χ4v) is 2.57. The first-order valence-electron chi connectivity index (χ1n) is 6.22. The quantitative estimate of drug-likeness (QED) is 0.668. The van der Waals surface area contributed by atoms with Gasteiger partial charge in [0, 0.05) is 28.8 Å². The number of hydrogen-bond donors (Lipinski definition) is 1. The summed E-state index contributed by atoms with van der Waals surface area (Å²) in [6.07, 6.45) is 1.74. The molecule has 6 nitrogen and oxygen atoms in total. The lowest BCUT2D eigenvalue weighted by molar-refractivity contribution is -0.385. The molecule has 20 heavy (non-hydrogen) atoms. The fraction of sp³-hybridized carbons (Fsp3) is 0.308. The summed E-state index contributed by atoms with van der Waals surface area (Å²) in [7, 11) is 0. The number of anilines is 1. The lowest BCUT2D eigenvalue weighted by Gasteiger charge is -2.10. The Balaban J connectivity index is 2.21. The highest BCUT2D eigenvalue weighted by Gasteiger charge is 2.14. The molecule has 0 atom stereocenters. The number of nitrogens with zero attached hydrogens (tertiary/aromatic N) is 3. The summed E-state index contributed by atoms with van der Waals surface area (Å²) in [5, 5.41) is 18.4. The number of halogens is 1. The maximum Gasteiger partial charge on any atom is 0.274 e. The summed E-state index contributed by atoms with van der Waals surface area (Å²) < 4.78 is 2.69. The van der Waals surface area contributed by atoms with Crippen molar-refractivity contribution in [2.24, 2.45) is 0 Å². The van der Waals surface area contributed by atoms with Gasteiger partial charge in [0.2, 0.25) is 0 Å². The van der Waals surface area contributed by atoms with Crippen molar-refractivity contribution >= 4 is 27.3 Å². The summed E-state index contributed by atoms with van der Waals surface area (Å²) in [6.45, 7) is 5.09. The van der Waals surface area contributed by atoms with Crippen LogP contribution in [0.25, 0.3) is 0 Å². The topological polar surface area (TPSA) is 73.0 Å². The molecule has 1 heterocycles. The first-order valence-corrected chi connectivity index (χ1v) is 7.01. The number of nitrogens with one attached hydrogen (secondary N) is 1. The number of aryl methyl sites for hydroxylation is 2. The van der Waals surface area contributed by atoms with E-state index in [1.165, 1.54) is 0 Å². The van der Waals surface area contributed by atoms with E-state index in [1.807, 2.05) is 17.7 Å². The molecule has 1 N–H and O–H groups in total. The molecule has 2 rings (SSSR count). The van der Waals surface area contributed by atoms with Gasteiger partial charge >= 0.3 is 0 Å². The van der Waals surface area contributed by atoms with Gasteiger partial charge in [0.05, 0.1) is 22.8 Å². The molecule has 0 amide bonds. The zero-order valence-corrected chi connectivity index (χ0v) is 12.8. The van der Waals surface area contributed by atoms with Crippen LogP contribution in [0.1, 0.15) is 18.2 Å². The first-order chi connectivity index (χ1) is 9.52. The summed E-state index contributed by atoms with van der Waals surface area (Å²) >= 11 is 3.42. The largest absolute Gasteiger partial charge is 0.378 e. The average molecular weight is 339 g/mol. The van der Waals surface area contributed by atoms with Crippen LogP contribution in [0.5, 0.6) is 0 Å². The van der Waals surface area contributed by atoms with E-state index < -0.39 is 0 Å². The van der Waals surface area contributed by atoms with Crippen LogP contribution in [0.2, 0.25) is 0 Å². The summed E-state index contributed by atoms with van der Waals surface area (Å²) in [6, 6.07) is 5.22. The van der Waals surface area contributed by atoms with Crippen molar-refractivity contribution in [1.82, 2.24) is 9.78 Å². The molecule has 106 valence electrons. The summed E-state index contributed by atoms with van der Waals surface area (Å²) in [4.78, 5) is 10.6. The minimum Gasteiger partial charge on any atom is -0.378 e. The molecule has 0 aliphatic carbocycles. The Hall–Kier alpha value is -1.89. The van der Waals surface area contributed by atoms with E-state index in [-0.39, 0.29) is 10.6 Å². The molecule has 0 bridgehead atoms. The van der Waals surface area contributed by atoms with Crippen LogP contribution >= 0.6 is 15.9 Å². The predicted octanol–water partition coefficient (Wildman–Crippen LogP) is 3.49. The maximum atomic E-state index is 11.0. The van der Waals surface area contributed by atoms with E-state index in [1.54, 1.807) is 25.3 Å². The third-order valence-corrected chi connectivity index (χ3v) is 3.70. The second-order valence-corrected chi connectivity index (χ2v) is 5.22. The molecule has 0 fully saturated rings. The zero-order chi connectivity index (χ0) is 14.7. The van der Waals surface area contributed by atoms with Gasteiger partial charge in [-0.3, -0.25) is 14.8 Å². The standard InChI is InChI=1S/C13H15BrN4O2/c1-3-17-10(4-5-16-17)8-15-12-7-13(18(19)20)9(2)6-11(12)14/h4-7,15H,3,8H2,1-2H3. The molecule has 0 radical (unpaired) electrons. The normalized spacial score (nSPS) is 10.6. The van der Waals surface area contributed by atoms with Crippen LogP contribution in [-0.2, 0) is 13.1 Å². The van der Waals surface area contributed by atoms with Gasteiger partial charge in [-0.25, -0.2) is 0 Å². The van der Waals surface area contributed by atoms with Crippen LogP contribution in [0.4, 0.5) is 11.4 Å². The van der Waals surface area contributed by atoms with Crippen LogP contribution < -0.4 is 5.32 Å². The van der Waals surface area contributed by atoms with Crippen LogP contribution in [0, 0.1) is 17.0 Å². The Kier molecular flexibility index (Phi) is 4.39. The maximum absolute atomic E-state index is 11.0. The number of rotatable bonds is 5. The molecule has 2 aromatic rings. The van der Waals surface area contributed by atoms with Crippen LogP contribution in [-0.4, -0.2) is 14.7 Å². The van der Waals surface area contributed by atoms with Crippen molar-refractivity contribution in [2.75, 3.05) is 5.32 Å². The van der Waals surface area contributed by atoms with Gasteiger partial charge < -0.3 is 5.32 Å². The van der Waals surface area contributed by atoms with Gasteiger partial charge in [-0.2, -0.15) is 5.10 Å². The monoisotopic (exact) mass is 338 g/mol. The second kappa shape index (κ2) is 6.04. The van der Waals surface area contributed by atoms with Crippen molar-refractivity contribution in [2.45, 2.75) is 26.9 Å². The molecule has 0 spiro atoms. The molecule has 1 aromatic heterocycles. The molecule has 0 aliphatic rings. The minimum absolute atomic E-state index is 0.111. The molecule has 7 heteroatoms. The Morgan fingerprint density at radius 2 is 2.25 bits per heavy atom. The van der Waals surface area contributed by atoms with E-state index >= 15 is 0 Å². The van der Waals surface area contributed by atoms with Crippen LogP contribution in [0.15, 0.2) is 28.9 Å². The van der Waals surface area contributed by atoms with Gasteiger partial charge in [0.1, 0.15) is 0 Å². The van der Waals surface area contributed by atoms with Crippen molar-refractivity contribution in [3.05, 3.63) is 50.2 Å². The lowest BCUT2D eigenvalue weighted by atomic mass is 10.2. The van der Waals surface area contributed by atoms with E-state index in [9.17, 15) is 10.1 Å². The van der Waals surface area contributed by atoms with Crippen molar-refractivity contribution in [3.8, 4) is 0 Å². The van der Waals surface area contributed by atoms with Gasteiger partial charge in [-0.1, -0.05) is 0 Å². The van der Waals surface area contributed by atoms with E-state index in [2.05, 4.69) is 26.3 Å². The molecule has 1 aromatic carbocycles. The van der Waals surface area contributed by atoms with Crippen molar-refractivity contribution in [1.29, 1.82) is 0 Å². The minimum atomic E-state index is -0.372. The molecule has 0 saturated heterocycles. The van der Waals surface area contributed by atoms with Gasteiger partial charge in [0.15, 0.2) is 0 Å². The number of hydrogen-bond acceptors (Lipinski definition) is 4. The highest BCUT2D eigenvalue weighted by molar-refractivity contribution is 9.10. The fourth-order valence-electron chi connectivity index (χ4n) is 1.97. The van der Waals surface area contributed by atoms with Gasteiger partial charge in [0.25, 0.3) is 5.69 Å². The second-order valence-electron chi connectivity index (χ2n) is 4.37. The molecular weight excluding hydrogens is 324 g/mol. The van der Waals surface area contributed by atoms with E-state index in [0.29, 0.717) is 17.8 Å². The molecule has 0 aliphatic heterocycles. The SMILES string of the molecule is CCn1nccc1CNc1cc([N+](=O)[O-])c(C)cc1Br.